The van der Waals surface area contributed by atoms with Gasteiger partial charge in [-0.05, 0) is 45.3 Å². The van der Waals surface area contributed by atoms with E-state index >= 15 is 0 Å². The summed E-state index contributed by atoms with van der Waals surface area (Å²) in [5.41, 5.74) is 2.22. The van der Waals surface area contributed by atoms with E-state index in [1.54, 1.807) is 11.8 Å². The van der Waals surface area contributed by atoms with E-state index in [0.717, 1.165) is 24.7 Å². The van der Waals surface area contributed by atoms with Crippen LogP contribution in [0.15, 0.2) is 0 Å². The molecule has 114 valence electrons. The number of aryl methyl sites for hydroxylation is 2. The second-order valence-corrected chi connectivity index (χ2v) is 5.94. The van der Waals surface area contributed by atoms with Crippen molar-refractivity contribution >= 4 is 0 Å². The summed E-state index contributed by atoms with van der Waals surface area (Å²) >= 11 is 0. The van der Waals surface area contributed by atoms with E-state index in [1.807, 2.05) is 14.0 Å². The maximum atomic E-state index is 5.41. The number of hydrogen-bond acceptors (Lipinski definition) is 4. The van der Waals surface area contributed by atoms with Crippen LogP contribution in [0.1, 0.15) is 31.0 Å². The summed E-state index contributed by atoms with van der Waals surface area (Å²) in [6.45, 7) is 9.98. The van der Waals surface area contributed by atoms with Crippen LogP contribution in [0.5, 0.6) is 5.88 Å². The molecule has 0 bridgehead atoms. The van der Waals surface area contributed by atoms with E-state index in [4.69, 9.17) is 4.74 Å². The Morgan fingerprint density at radius 2 is 2.05 bits per heavy atom. The number of nitrogens with one attached hydrogen (secondary N) is 1. The van der Waals surface area contributed by atoms with Crippen LogP contribution in [0.3, 0.4) is 0 Å². The minimum Gasteiger partial charge on any atom is -0.481 e. The Bertz CT molecular complexity index is 424. The molecule has 0 amide bonds. The van der Waals surface area contributed by atoms with Crippen LogP contribution in [0, 0.1) is 12.8 Å². The summed E-state index contributed by atoms with van der Waals surface area (Å²) in [6, 6.07) is 0. The molecule has 0 spiro atoms. The lowest BCUT2D eigenvalue weighted by Gasteiger charge is -2.20. The number of methoxy groups -OCH3 is 1. The van der Waals surface area contributed by atoms with Crippen LogP contribution >= 0.6 is 0 Å². The van der Waals surface area contributed by atoms with Crippen molar-refractivity contribution in [3.63, 3.8) is 0 Å². The molecular formula is C15H28N4O. The first kappa shape index (κ1) is 15.3. The summed E-state index contributed by atoms with van der Waals surface area (Å²) in [4.78, 5) is 2.57. The van der Waals surface area contributed by atoms with E-state index < -0.39 is 0 Å². The highest BCUT2D eigenvalue weighted by Crippen LogP contribution is 2.20. The Labute approximate surface area is 122 Å². The van der Waals surface area contributed by atoms with Gasteiger partial charge in [0.15, 0.2) is 0 Å². The zero-order chi connectivity index (χ0) is 14.5. The molecule has 0 saturated carbocycles. The molecule has 1 unspecified atom stereocenters. The number of ether oxygens (including phenoxy) is 1. The maximum absolute atomic E-state index is 5.41. The molecule has 5 nitrogen and oxygen atoms in total. The number of likely N-dealkylation sites (tertiary alicyclic amines) is 1. The highest BCUT2D eigenvalue weighted by molar-refractivity contribution is 5.30. The summed E-state index contributed by atoms with van der Waals surface area (Å²) in [7, 11) is 3.63. The average molecular weight is 280 g/mol. The predicted molar refractivity (Wildman–Crippen MR) is 81.0 cm³/mol. The van der Waals surface area contributed by atoms with E-state index in [9.17, 15) is 0 Å². The minimum absolute atomic E-state index is 0.677. The van der Waals surface area contributed by atoms with Crippen molar-refractivity contribution in [2.75, 3.05) is 33.3 Å². The molecule has 1 N–H and O–H groups in total. The lowest BCUT2D eigenvalue weighted by molar-refractivity contribution is 0.282. The number of rotatable bonds is 7. The van der Waals surface area contributed by atoms with Crippen LogP contribution in [-0.4, -0.2) is 48.0 Å². The van der Waals surface area contributed by atoms with Crippen molar-refractivity contribution < 1.29 is 4.74 Å². The second kappa shape index (κ2) is 7.09. The molecule has 1 aliphatic rings. The third kappa shape index (κ3) is 3.73. The van der Waals surface area contributed by atoms with E-state index in [2.05, 4.69) is 22.2 Å². The highest BCUT2D eigenvalue weighted by Gasteiger charge is 2.16. The van der Waals surface area contributed by atoms with Gasteiger partial charge in [-0.25, -0.2) is 4.68 Å². The molecule has 0 aromatic carbocycles. The Hall–Kier alpha value is -1.07. The molecule has 1 aromatic rings. The summed E-state index contributed by atoms with van der Waals surface area (Å²) in [6.07, 6.45) is 2.73. The topological polar surface area (TPSA) is 42.3 Å². The summed E-state index contributed by atoms with van der Waals surface area (Å²) in [5.74, 6) is 1.54. The van der Waals surface area contributed by atoms with Crippen molar-refractivity contribution in [2.24, 2.45) is 13.0 Å². The summed E-state index contributed by atoms with van der Waals surface area (Å²) in [5, 5.41) is 7.95. The molecule has 2 heterocycles. The van der Waals surface area contributed by atoms with Crippen molar-refractivity contribution in [3.8, 4) is 5.88 Å². The van der Waals surface area contributed by atoms with Crippen LogP contribution in [0.4, 0.5) is 0 Å². The molecule has 1 aliphatic heterocycles. The zero-order valence-electron chi connectivity index (χ0n) is 13.3. The Morgan fingerprint density at radius 1 is 1.35 bits per heavy atom. The summed E-state index contributed by atoms with van der Waals surface area (Å²) < 4.78 is 7.22. The molecule has 20 heavy (non-hydrogen) atoms. The first-order valence-electron chi connectivity index (χ1n) is 7.61. The number of aromatic nitrogens is 2. The zero-order valence-corrected chi connectivity index (χ0v) is 13.3. The van der Waals surface area contributed by atoms with Crippen LogP contribution in [-0.2, 0) is 13.6 Å². The monoisotopic (exact) mass is 280 g/mol. The van der Waals surface area contributed by atoms with Crippen molar-refractivity contribution in [2.45, 2.75) is 33.2 Å². The van der Waals surface area contributed by atoms with Gasteiger partial charge < -0.3 is 15.0 Å². The smallest absolute Gasteiger partial charge is 0.216 e. The van der Waals surface area contributed by atoms with Crippen LogP contribution < -0.4 is 10.1 Å². The standard InChI is InChI=1S/C15H28N4O/c1-12(11-19-7-5-6-8-19)9-16-10-14-13(2)17-18(3)15(14)20-4/h12,16H,5-11H2,1-4H3. The van der Waals surface area contributed by atoms with Gasteiger partial charge in [-0.15, -0.1) is 0 Å². The molecular weight excluding hydrogens is 252 g/mol. The molecule has 1 fully saturated rings. The Balaban J connectivity index is 1.77. The Morgan fingerprint density at radius 3 is 2.70 bits per heavy atom. The largest absolute Gasteiger partial charge is 0.481 e. The number of hydrogen-bond donors (Lipinski definition) is 1. The van der Waals surface area contributed by atoms with Crippen LogP contribution in [0.25, 0.3) is 0 Å². The fourth-order valence-corrected chi connectivity index (χ4v) is 3.05. The van der Waals surface area contributed by atoms with Gasteiger partial charge in [0.25, 0.3) is 0 Å². The molecule has 0 radical (unpaired) electrons. The van der Waals surface area contributed by atoms with Crippen LogP contribution in [0.2, 0.25) is 0 Å². The maximum Gasteiger partial charge on any atom is 0.216 e. The van der Waals surface area contributed by atoms with Crippen molar-refractivity contribution in [1.29, 1.82) is 0 Å². The van der Waals surface area contributed by atoms with Gasteiger partial charge in [0.1, 0.15) is 0 Å². The van der Waals surface area contributed by atoms with E-state index in [1.165, 1.54) is 38.0 Å². The minimum atomic E-state index is 0.677. The van der Waals surface area contributed by atoms with Crippen molar-refractivity contribution in [3.05, 3.63) is 11.3 Å². The Kier molecular flexibility index (Phi) is 5.43. The van der Waals surface area contributed by atoms with E-state index in [0.29, 0.717) is 5.92 Å². The SMILES string of the molecule is COc1c(CNCC(C)CN2CCCC2)c(C)nn1C. The lowest BCUT2D eigenvalue weighted by Crippen LogP contribution is -2.31. The predicted octanol–water partition coefficient (Wildman–Crippen LogP) is 1.56. The first-order valence-corrected chi connectivity index (χ1v) is 7.61. The van der Waals surface area contributed by atoms with Crippen molar-refractivity contribution in [1.82, 2.24) is 20.0 Å². The molecule has 1 saturated heterocycles. The van der Waals surface area contributed by atoms with Gasteiger partial charge >= 0.3 is 0 Å². The third-order valence-corrected chi connectivity index (χ3v) is 4.05. The molecule has 1 atom stereocenters. The average Bonchev–Trinajstić information content (AvgIpc) is 2.98. The third-order valence-electron chi connectivity index (χ3n) is 4.05. The van der Waals surface area contributed by atoms with Gasteiger partial charge in [0.2, 0.25) is 5.88 Å². The second-order valence-electron chi connectivity index (χ2n) is 5.94. The fraction of sp³-hybridized carbons (Fsp3) is 0.800. The van der Waals surface area contributed by atoms with Gasteiger partial charge in [-0.1, -0.05) is 6.92 Å². The highest BCUT2D eigenvalue weighted by atomic mass is 16.5. The fourth-order valence-electron chi connectivity index (χ4n) is 3.05. The lowest BCUT2D eigenvalue weighted by atomic mass is 10.1. The van der Waals surface area contributed by atoms with Gasteiger partial charge in [-0.2, -0.15) is 5.10 Å². The molecule has 1 aromatic heterocycles. The molecule has 0 aliphatic carbocycles. The number of nitrogens with zero attached hydrogens (tertiary/aromatic N) is 3. The quantitative estimate of drug-likeness (QED) is 0.823. The van der Waals surface area contributed by atoms with E-state index in [-0.39, 0.29) is 0 Å². The van der Waals surface area contributed by atoms with Gasteiger partial charge in [0, 0.05) is 20.1 Å². The normalized spacial score (nSPS) is 17.6. The molecule has 2 rings (SSSR count). The van der Waals surface area contributed by atoms with Gasteiger partial charge in [0.05, 0.1) is 18.4 Å². The molecule has 5 heteroatoms. The first-order chi connectivity index (χ1) is 9.61. The van der Waals surface area contributed by atoms with Gasteiger partial charge in [-0.3, -0.25) is 0 Å².